The molecule has 1 spiro atoms. The molecule has 1 aromatic carbocycles. The van der Waals surface area contributed by atoms with Gasteiger partial charge in [-0.2, -0.15) is 0 Å². The second-order valence-electron chi connectivity index (χ2n) is 10.6. The Kier molecular flexibility index (Phi) is 7.47. The number of hydrogen-bond donors (Lipinski definition) is 1. The normalized spacial score (nSPS) is 29.2. The molecule has 3 aliphatic heterocycles. The van der Waals surface area contributed by atoms with Gasteiger partial charge in [-0.05, 0) is 51.2 Å². The van der Waals surface area contributed by atoms with E-state index in [9.17, 15) is 19.5 Å². The molecule has 2 bridgehead atoms. The number of fused-ring (bicyclic) bond motifs is 2. The van der Waals surface area contributed by atoms with E-state index in [1.54, 1.807) is 27.5 Å². The second kappa shape index (κ2) is 10.7. The average Bonchev–Trinajstić information content (AvgIpc) is 3.66. The minimum Gasteiger partial charge on any atom is -0.466 e. The highest BCUT2D eigenvalue weighted by atomic mass is 16.6. The van der Waals surface area contributed by atoms with E-state index in [1.165, 1.54) is 0 Å². The maximum atomic E-state index is 14.5. The molecule has 39 heavy (non-hydrogen) atoms. The van der Waals surface area contributed by atoms with Crippen LogP contribution in [0.5, 0.6) is 0 Å². The lowest BCUT2D eigenvalue weighted by molar-refractivity contribution is -0.162. The maximum Gasteiger partial charge on any atom is 0.312 e. The first-order chi connectivity index (χ1) is 18.9. The molecule has 1 N–H and O–H groups in total. The highest BCUT2D eigenvalue weighted by molar-refractivity contribution is 5.98. The number of likely N-dealkylation sites (tertiary alicyclic amines) is 1. The molecular weight excluding hydrogens is 502 g/mol. The summed E-state index contributed by atoms with van der Waals surface area (Å²) in [5.41, 5.74) is -0.481. The predicted octanol–water partition coefficient (Wildman–Crippen LogP) is 1.89. The third kappa shape index (κ3) is 4.22. The summed E-state index contributed by atoms with van der Waals surface area (Å²) in [6, 6.07) is 6.58. The molecule has 1 aromatic heterocycles. The van der Waals surface area contributed by atoms with Gasteiger partial charge in [0.1, 0.15) is 29.7 Å². The Bertz CT molecular complexity index is 1260. The van der Waals surface area contributed by atoms with Crippen LogP contribution in [-0.2, 0) is 30.5 Å². The Morgan fingerprint density at radius 3 is 2.79 bits per heavy atom. The van der Waals surface area contributed by atoms with E-state index >= 15 is 0 Å². The first-order valence-electron chi connectivity index (χ1n) is 13.8. The molecule has 2 amide bonds. The average molecular weight is 540 g/mol. The van der Waals surface area contributed by atoms with E-state index in [-0.39, 0.29) is 44.8 Å². The van der Waals surface area contributed by atoms with Gasteiger partial charge in [-0.15, -0.1) is 11.7 Å². The highest BCUT2D eigenvalue weighted by Crippen LogP contribution is 2.64. The van der Waals surface area contributed by atoms with E-state index in [0.717, 1.165) is 5.52 Å². The van der Waals surface area contributed by atoms with Crippen LogP contribution in [0.3, 0.4) is 0 Å². The van der Waals surface area contributed by atoms with Gasteiger partial charge >= 0.3 is 5.97 Å². The number of aliphatic hydroxyl groups is 1. The summed E-state index contributed by atoms with van der Waals surface area (Å²) in [4.78, 5) is 45.0. The quantitative estimate of drug-likeness (QED) is 0.246. The number of carbonyl (C=O) groups excluding carboxylic acids is 3. The Hall–Kier alpha value is -3.31. The number of amides is 2. The maximum absolute atomic E-state index is 14.5. The van der Waals surface area contributed by atoms with Crippen LogP contribution in [0.15, 0.2) is 36.9 Å². The number of para-hydroxylation sites is 1. The van der Waals surface area contributed by atoms with Gasteiger partial charge in [-0.25, -0.2) is 4.68 Å². The van der Waals surface area contributed by atoms with Crippen molar-refractivity contribution in [3.63, 3.8) is 0 Å². The molecule has 3 saturated heterocycles. The third-order valence-corrected chi connectivity index (χ3v) is 8.65. The number of unbranched alkanes of at least 4 members (excludes halogenated alkanes) is 1. The Morgan fingerprint density at radius 2 is 2.08 bits per heavy atom. The number of aromatic nitrogens is 3. The molecule has 11 nitrogen and oxygen atoms in total. The number of aliphatic hydroxyl groups excluding tert-OH is 1. The summed E-state index contributed by atoms with van der Waals surface area (Å²) < 4.78 is 13.8. The summed E-state index contributed by atoms with van der Waals surface area (Å²) >= 11 is 0. The van der Waals surface area contributed by atoms with Gasteiger partial charge in [0.15, 0.2) is 0 Å². The van der Waals surface area contributed by atoms with E-state index in [0.29, 0.717) is 37.6 Å². The van der Waals surface area contributed by atoms with Crippen molar-refractivity contribution in [2.75, 3.05) is 26.3 Å². The molecule has 2 aromatic rings. The van der Waals surface area contributed by atoms with Crippen LogP contribution in [0.1, 0.15) is 46.0 Å². The van der Waals surface area contributed by atoms with Crippen LogP contribution in [0, 0.1) is 11.8 Å². The molecule has 2 unspecified atom stereocenters. The van der Waals surface area contributed by atoms with Crippen molar-refractivity contribution < 1.29 is 29.0 Å². The van der Waals surface area contributed by atoms with Crippen LogP contribution in [0.2, 0.25) is 0 Å². The summed E-state index contributed by atoms with van der Waals surface area (Å²) in [6.07, 6.45) is 4.25. The molecule has 0 radical (unpaired) electrons. The van der Waals surface area contributed by atoms with E-state index < -0.39 is 35.0 Å². The number of nitrogens with zero attached hydrogens (tertiary/aromatic N) is 5. The predicted molar refractivity (Wildman–Crippen MR) is 141 cm³/mol. The zero-order chi connectivity index (χ0) is 27.8. The molecule has 5 atom stereocenters. The fourth-order valence-electron chi connectivity index (χ4n) is 6.95. The smallest absolute Gasteiger partial charge is 0.312 e. The van der Waals surface area contributed by atoms with E-state index in [4.69, 9.17) is 9.47 Å². The van der Waals surface area contributed by atoms with Crippen LogP contribution in [0.4, 0.5) is 0 Å². The Morgan fingerprint density at radius 1 is 1.28 bits per heavy atom. The zero-order valence-corrected chi connectivity index (χ0v) is 22.6. The summed E-state index contributed by atoms with van der Waals surface area (Å²) in [7, 11) is 0. The van der Waals surface area contributed by atoms with Crippen molar-refractivity contribution in [1.29, 1.82) is 0 Å². The summed E-state index contributed by atoms with van der Waals surface area (Å²) in [6.45, 7) is 8.34. The molecule has 3 aliphatic rings. The summed E-state index contributed by atoms with van der Waals surface area (Å²) in [5, 5.41) is 17.8. The van der Waals surface area contributed by atoms with Gasteiger partial charge in [-0.1, -0.05) is 30.3 Å². The number of esters is 1. The number of rotatable bonds is 12. The molecular formula is C28H37N5O6. The molecule has 4 heterocycles. The van der Waals surface area contributed by atoms with Gasteiger partial charge in [0, 0.05) is 19.7 Å². The van der Waals surface area contributed by atoms with E-state index in [2.05, 4.69) is 16.9 Å². The SMILES string of the molecule is C=CCN(Cn1nnc2ccccc21)C(=O)C1N(CCCCO)C(=O)[C@@H]2[C@@H](C(=O)OCC)[C@@]3(CC)CCC12O3. The standard InChI is InChI=1S/C28H37N5O6/c1-4-15-31(18-33-20-12-8-7-11-19(20)29-30-33)25(36)23-28-14-13-27(5-2,39-28)22(26(37)38-6-3)21(28)24(35)32(23)16-9-10-17-34/h4,7-8,11-12,21-23,34H,1,5-6,9-10,13-18H2,2-3H3/t21-,22-,23?,27+,28?/m0/s1. The van der Waals surface area contributed by atoms with Crippen molar-refractivity contribution >= 4 is 28.8 Å². The van der Waals surface area contributed by atoms with Crippen molar-refractivity contribution in [2.24, 2.45) is 11.8 Å². The molecule has 3 fully saturated rings. The van der Waals surface area contributed by atoms with Gasteiger partial charge in [0.25, 0.3) is 0 Å². The Labute approximate surface area is 227 Å². The number of carbonyl (C=O) groups is 3. The third-order valence-electron chi connectivity index (χ3n) is 8.65. The van der Waals surface area contributed by atoms with Crippen molar-refractivity contribution in [3.8, 4) is 0 Å². The first-order valence-corrected chi connectivity index (χ1v) is 13.8. The van der Waals surface area contributed by atoms with Crippen molar-refractivity contribution in [2.45, 2.75) is 69.9 Å². The van der Waals surface area contributed by atoms with Crippen molar-refractivity contribution in [3.05, 3.63) is 36.9 Å². The molecule has 0 saturated carbocycles. The Balaban J connectivity index is 1.54. The molecule has 11 heteroatoms. The first kappa shape index (κ1) is 27.3. The number of ether oxygens (including phenoxy) is 2. The van der Waals surface area contributed by atoms with Gasteiger partial charge in [0.2, 0.25) is 11.8 Å². The lowest BCUT2D eigenvalue weighted by Gasteiger charge is -2.36. The summed E-state index contributed by atoms with van der Waals surface area (Å²) in [5.74, 6) is -2.56. The van der Waals surface area contributed by atoms with E-state index in [1.807, 2.05) is 31.2 Å². The fourth-order valence-corrected chi connectivity index (χ4v) is 6.95. The molecule has 5 rings (SSSR count). The minimum absolute atomic E-state index is 0.0158. The lowest BCUT2D eigenvalue weighted by Crippen LogP contribution is -2.56. The van der Waals surface area contributed by atoms with Crippen LogP contribution in [-0.4, -0.2) is 91.2 Å². The van der Waals surface area contributed by atoms with Crippen LogP contribution < -0.4 is 0 Å². The fraction of sp³-hybridized carbons (Fsp3) is 0.607. The van der Waals surface area contributed by atoms with Crippen molar-refractivity contribution in [1.82, 2.24) is 24.8 Å². The number of hydrogen-bond acceptors (Lipinski definition) is 8. The topological polar surface area (TPSA) is 127 Å². The molecule has 0 aliphatic carbocycles. The van der Waals surface area contributed by atoms with Crippen LogP contribution >= 0.6 is 0 Å². The number of benzene rings is 1. The van der Waals surface area contributed by atoms with Gasteiger partial charge < -0.3 is 24.4 Å². The lowest BCUT2D eigenvalue weighted by atomic mass is 9.65. The second-order valence-corrected chi connectivity index (χ2v) is 10.6. The monoisotopic (exact) mass is 539 g/mol. The highest BCUT2D eigenvalue weighted by Gasteiger charge is 2.79. The van der Waals surface area contributed by atoms with Crippen LogP contribution in [0.25, 0.3) is 11.0 Å². The molecule has 210 valence electrons. The van der Waals surface area contributed by atoms with Gasteiger partial charge in [0.05, 0.1) is 23.6 Å². The van der Waals surface area contributed by atoms with Gasteiger partial charge in [-0.3, -0.25) is 14.4 Å². The minimum atomic E-state index is -1.13. The zero-order valence-electron chi connectivity index (χ0n) is 22.6. The largest absolute Gasteiger partial charge is 0.466 e.